The minimum Gasteiger partial charge on any atom is -0.492 e. The third-order valence-electron chi connectivity index (χ3n) is 4.56. The highest BCUT2D eigenvalue weighted by molar-refractivity contribution is 5.95. The van der Waals surface area contributed by atoms with Gasteiger partial charge in [0.2, 0.25) is 5.91 Å². The summed E-state index contributed by atoms with van der Waals surface area (Å²) in [7, 11) is 1.94. The Kier molecular flexibility index (Phi) is 7.36. The van der Waals surface area contributed by atoms with E-state index in [1.165, 1.54) is 12.1 Å². The monoisotopic (exact) mass is 392 g/mol. The summed E-state index contributed by atoms with van der Waals surface area (Å²) in [6.45, 7) is 1.76. The molecule has 150 valence electrons. The maximum atomic E-state index is 12.9. The quantitative estimate of drug-likeness (QED) is 0.567. The molecule has 0 aliphatic carbocycles. The molecule has 29 heavy (non-hydrogen) atoms. The van der Waals surface area contributed by atoms with Gasteiger partial charge in [-0.1, -0.05) is 48.5 Å². The maximum absolute atomic E-state index is 12.9. The molecule has 0 radical (unpaired) electrons. The number of anilines is 1. The number of likely N-dealkylation sites (N-methyl/N-ethyl adjacent to an activating group) is 1. The van der Waals surface area contributed by atoms with E-state index in [0.717, 1.165) is 16.8 Å². The van der Waals surface area contributed by atoms with Crippen LogP contribution >= 0.6 is 0 Å². The summed E-state index contributed by atoms with van der Waals surface area (Å²) in [6.07, 6.45) is 0.385. The second kappa shape index (κ2) is 10.4. The topological polar surface area (TPSA) is 41.6 Å². The van der Waals surface area contributed by atoms with Crippen molar-refractivity contribution in [3.63, 3.8) is 0 Å². The van der Waals surface area contributed by atoms with Gasteiger partial charge in [-0.15, -0.1) is 0 Å². The minimum atomic E-state index is -0.283. The van der Waals surface area contributed by atoms with E-state index >= 15 is 0 Å². The van der Waals surface area contributed by atoms with Crippen molar-refractivity contribution in [1.82, 2.24) is 4.90 Å². The fourth-order valence-electron chi connectivity index (χ4n) is 2.93. The number of carbonyl (C=O) groups is 1. The van der Waals surface area contributed by atoms with E-state index in [1.54, 1.807) is 12.1 Å². The highest BCUT2D eigenvalue weighted by Crippen LogP contribution is 2.27. The minimum absolute atomic E-state index is 0.0281. The molecule has 0 heterocycles. The Labute approximate surface area is 170 Å². The summed E-state index contributed by atoms with van der Waals surface area (Å²) < 4.78 is 18.5. The molecule has 3 rings (SSSR count). The van der Waals surface area contributed by atoms with Crippen LogP contribution in [0.3, 0.4) is 0 Å². The van der Waals surface area contributed by atoms with Crippen molar-refractivity contribution < 1.29 is 13.9 Å². The van der Waals surface area contributed by atoms with E-state index in [9.17, 15) is 9.18 Å². The van der Waals surface area contributed by atoms with Gasteiger partial charge in [0.15, 0.2) is 0 Å². The lowest BCUT2D eigenvalue weighted by molar-refractivity contribution is -0.116. The first kappa shape index (κ1) is 20.6. The maximum Gasteiger partial charge on any atom is 0.225 e. The first-order chi connectivity index (χ1) is 14.1. The lowest BCUT2D eigenvalue weighted by Gasteiger charge is -2.17. The Morgan fingerprint density at radius 3 is 2.38 bits per heavy atom. The van der Waals surface area contributed by atoms with Crippen LogP contribution in [0, 0.1) is 5.82 Å². The van der Waals surface area contributed by atoms with Crippen LogP contribution in [0.2, 0.25) is 0 Å². The van der Waals surface area contributed by atoms with Gasteiger partial charge in [-0.2, -0.15) is 0 Å². The standard InChI is InChI=1S/C24H25FN2O2/c1-27(17-18-29-21-13-11-20(25)12-14-21)16-15-24(28)26-23-10-6-5-9-22(23)19-7-3-2-4-8-19/h2-14H,15-18H2,1H3,(H,26,28). The number of carbonyl (C=O) groups excluding carboxylic acids is 1. The second-order valence-electron chi connectivity index (χ2n) is 6.82. The molecule has 1 N–H and O–H groups in total. The molecule has 0 aromatic heterocycles. The molecule has 3 aromatic rings. The van der Waals surface area contributed by atoms with E-state index in [0.29, 0.717) is 31.9 Å². The SMILES string of the molecule is CN(CCOc1ccc(F)cc1)CCC(=O)Nc1ccccc1-c1ccccc1. The van der Waals surface area contributed by atoms with Gasteiger partial charge < -0.3 is 15.0 Å². The normalized spacial score (nSPS) is 10.7. The fourth-order valence-corrected chi connectivity index (χ4v) is 2.93. The highest BCUT2D eigenvalue weighted by atomic mass is 19.1. The molecule has 1 amide bonds. The van der Waals surface area contributed by atoms with Crippen molar-refractivity contribution in [1.29, 1.82) is 0 Å². The van der Waals surface area contributed by atoms with E-state index in [-0.39, 0.29) is 11.7 Å². The molecule has 0 aliphatic rings. The molecule has 4 nitrogen and oxygen atoms in total. The van der Waals surface area contributed by atoms with Crippen molar-refractivity contribution in [3.05, 3.63) is 84.7 Å². The Morgan fingerprint density at radius 1 is 0.931 bits per heavy atom. The average Bonchev–Trinajstić information content (AvgIpc) is 2.75. The number of para-hydroxylation sites is 1. The highest BCUT2D eigenvalue weighted by Gasteiger charge is 2.09. The Balaban J connectivity index is 1.45. The Hall–Kier alpha value is -3.18. The zero-order valence-electron chi connectivity index (χ0n) is 16.5. The summed E-state index contributed by atoms with van der Waals surface area (Å²) >= 11 is 0. The van der Waals surface area contributed by atoms with Gasteiger partial charge >= 0.3 is 0 Å². The molecule has 0 saturated carbocycles. The van der Waals surface area contributed by atoms with Gasteiger partial charge in [-0.25, -0.2) is 4.39 Å². The number of benzene rings is 3. The van der Waals surface area contributed by atoms with Crippen LogP contribution < -0.4 is 10.1 Å². The predicted octanol–water partition coefficient (Wildman–Crippen LogP) is 4.83. The van der Waals surface area contributed by atoms with Gasteiger partial charge in [0.1, 0.15) is 18.2 Å². The number of halogens is 1. The van der Waals surface area contributed by atoms with Crippen LogP contribution in [0.5, 0.6) is 5.75 Å². The third kappa shape index (κ3) is 6.43. The molecule has 0 aliphatic heterocycles. The molecule has 0 fully saturated rings. The van der Waals surface area contributed by atoms with E-state index in [2.05, 4.69) is 5.32 Å². The van der Waals surface area contributed by atoms with Crippen molar-refractivity contribution in [3.8, 4) is 16.9 Å². The number of hydrogen-bond acceptors (Lipinski definition) is 3. The lowest BCUT2D eigenvalue weighted by Crippen LogP contribution is -2.28. The zero-order valence-corrected chi connectivity index (χ0v) is 16.5. The summed E-state index contributed by atoms with van der Waals surface area (Å²) in [5.74, 6) is 0.323. The smallest absolute Gasteiger partial charge is 0.225 e. The number of nitrogens with one attached hydrogen (secondary N) is 1. The first-order valence-corrected chi connectivity index (χ1v) is 9.63. The zero-order chi connectivity index (χ0) is 20.5. The van der Waals surface area contributed by atoms with Gasteiger partial charge in [0.25, 0.3) is 0 Å². The summed E-state index contributed by atoms with van der Waals surface area (Å²) in [5.41, 5.74) is 2.88. The number of nitrogens with zero attached hydrogens (tertiary/aromatic N) is 1. The van der Waals surface area contributed by atoms with E-state index in [4.69, 9.17) is 4.74 Å². The van der Waals surface area contributed by atoms with Gasteiger partial charge in [-0.3, -0.25) is 4.79 Å². The number of rotatable bonds is 9. The number of ether oxygens (including phenoxy) is 1. The third-order valence-corrected chi connectivity index (χ3v) is 4.56. The van der Waals surface area contributed by atoms with Crippen LogP contribution in [0.4, 0.5) is 10.1 Å². The fraction of sp³-hybridized carbons (Fsp3) is 0.208. The van der Waals surface area contributed by atoms with Crippen molar-refractivity contribution in [2.24, 2.45) is 0 Å². The van der Waals surface area contributed by atoms with E-state index in [1.807, 2.05) is 66.5 Å². The molecule has 5 heteroatoms. The Bertz CT molecular complexity index is 914. The summed E-state index contributed by atoms with van der Waals surface area (Å²) in [5, 5.41) is 3.02. The molecule has 0 saturated heterocycles. The van der Waals surface area contributed by atoms with Gasteiger partial charge in [0.05, 0.1) is 0 Å². The molecule has 0 bridgehead atoms. The van der Waals surface area contributed by atoms with Crippen molar-refractivity contribution >= 4 is 11.6 Å². The molecule has 0 unspecified atom stereocenters. The van der Waals surface area contributed by atoms with Crippen LogP contribution in [0.1, 0.15) is 6.42 Å². The number of amides is 1. The molecule has 0 atom stereocenters. The lowest BCUT2D eigenvalue weighted by atomic mass is 10.0. The van der Waals surface area contributed by atoms with Crippen molar-refractivity contribution in [2.75, 3.05) is 32.1 Å². The summed E-state index contributed by atoms with van der Waals surface area (Å²) in [6, 6.07) is 23.7. The van der Waals surface area contributed by atoms with Gasteiger partial charge in [-0.05, 0) is 42.9 Å². The number of hydrogen-bond donors (Lipinski definition) is 1. The summed E-state index contributed by atoms with van der Waals surface area (Å²) in [4.78, 5) is 14.5. The molecular weight excluding hydrogens is 367 g/mol. The van der Waals surface area contributed by atoms with Crippen LogP contribution in [0.15, 0.2) is 78.9 Å². The van der Waals surface area contributed by atoms with Crippen molar-refractivity contribution in [2.45, 2.75) is 6.42 Å². The molecule has 3 aromatic carbocycles. The van der Waals surface area contributed by atoms with Crippen LogP contribution in [0.25, 0.3) is 11.1 Å². The largest absolute Gasteiger partial charge is 0.492 e. The van der Waals surface area contributed by atoms with E-state index < -0.39 is 0 Å². The molecule has 0 spiro atoms. The average molecular weight is 392 g/mol. The van der Waals surface area contributed by atoms with Crippen LogP contribution in [-0.2, 0) is 4.79 Å². The Morgan fingerprint density at radius 2 is 1.62 bits per heavy atom. The first-order valence-electron chi connectivity index (χ1n) is 9.63. The van der Waals surface area contributed by atoms with Gasteiger partial charge in [0, 0.05) is 30.8 Å². The second-order valence-corrected chi connectivity index (χ2v) is 6.82. The predicted molar refractivity (Wildman–Crippen MR) is 115 cm³/mol. The van der Waals surface area contributed by atoms with Crippen LogP contribution in [-0.4, -0.2) is 37.6 Å². The molecular formula is C24H25FN2O2.